The highest BCUT2D eigenvalue weighted by Gasteiger charge is 2.26. The van der Waals surface area contributed by atoms with Crippen LogP contribution in [0.2, 0.25) is 0 Å². The molecule has 1 N–H and O–H groups in total. The summed E-state index contributed by atoms with van der Waals surface area (Å²) in [6.07, 6.45) is 4.68. The van der Waals surface area contributed by atoms with Crippen molar-refractivity contribution in [3.05, 3.63) is 18.2 Å². The average molecular weight is 280 g/mol. The first-order valence-electron chi connectivity index (χ1n) is 7.08. The zero-order valence-electron chi connectivity index (χ0n) is 12.5. The van der Waals surface area contributed by atoms with Gasteiger partial charge in [0, 0.05) is 38.6 Å². The first kappa shape index (κ1) is 15.0. The molecular weight excluding hydrogens is 256 g/mol. The minimum absolute atomic E-state index is 0.0118. The zero-order chi connectivity index (χ0) is 14.7. The summed E-state index contributed by atoms with van der Waals surface area (Å²) in [5.41, 5.74) is 0. The van der Waals surface area contributed by atoms with Crippen LogP contribution in [0.25, 0.3) is 0 Å². The van der Waals surface area contributed by atoms with Gasteiger partial charge in [-0.2, -0.15) is 0 Å². The number of aliphatic hydroxyl groups is 1. The van der Waals surface area contributed by atoms with Gasteiger partial charge in [-0.15, -0.1) is 0 Å². The van der Waals surface area contributed by atoms with Crippen LogP contribution in [0.15, 0.2) is 12.4 Å². The third kappa shape index (κ3) is 3.37. The van der Waals surface area contributed by atoms with Crippen molar-refractivity contribution in [3.8, 4) is 0 Å². The van der Waals surface area contributed by atoms with Crippen molar-refractivity contribution in [2.24, 2.45) is 7.05 Å². The molecule has 1 aliphatic rings. The molecule has 0 bridgehead atoms. The number of hydrogen-bond acceptors (Lipinski definition) is 4. The quantitative estimate of drug-likeness (QED) is 0.867. The Morgan fingerprint density at radius 1 is 1.50 bits per heavy atom. The van der Waals surface area contributed by atoms with E-state index >= 15 is 0 Å². The van der Waals surface area contributed by atoms with E-state index in [9.17, 15) is 9.90 Å². The molecule has 1 atom stereocenters. The number of aromatic nitrogens is 2. The molecule has 1 aliphatic heterocycles. The topological polar surface area (TPSA) is 61.6 Å². The molecule has 0 aliphatic carbocycles. The Morgan fingerprint density at radius 3 is 2.65 bits per heavy atom. The second-order valence-electron chi connectivity index (χ2n) is 5.69. The zero-order valence-corrected chi connectivity index (χ0v) is 12.5. The van der Waals surface area contributed by atoms with Crippen molar-refractivity contribution in [3.63, 3.8) is 0 Å². The molecule has 20 heavy (non-hydrogen) atoms. The van der Waals surface area contributed by atoms with Crippen LogP contribution in [0.1, 0.15) is 31.2 Å². The second-order valence-corrected chi connectivity index (χ2v) is 5.69. The maximum absolute atomic E-state index is 12.2. The molecule has 6 nitrogen and oxygen atoms in total. The fraction of sp³-hybridized carbons (Fsp3) is 0.714. The summed E-state index contributed by atoms with van der Waals surface area (Å²) in [6.45, 7) is 1.55. The highest BCUT2D eigenvalue weighted by molar-refractivity contribution is 5.76. The Balaban J connectivity index is 1.85. The molecule has 0 radical (unpaired) electrons. The van der Waals surface area contributed by atoms with E-state index in [0.717, 1.165) is 25.9 Å². The van der Waals surface area contributed by atoms with Crippen LogP contribution < -0.4 is 0 Å². The number of nitrogens with zero attached hydrogens (tertiary/aromatic N) is 4. The highest BCUT2D eigenvalue weighted by atomic mass is 16.3. The predicted molar refractivity (Wildman–Crippen MR) is 76.1 cm³/mol. The molecule has 2 heterocycles. The summed E-state index contributed by atoms with van der Waals surface area (Å²) in [5.74, 6) is 0.555. The Morgan fingerprint density at radius 2 is 2.15 bits per heavy atom. The van der Waals surface area contributed by atoms with Crippen LogP contribution >= 0.6 is 0 Å². The standard InChI is InChI=1S/C14H24N4O2/c1-16(2)11-4-7-18(8-5-11)13(20)10-12(19)14-15-6-9-17(14)3/h6,9,11-12,19H,4-5,7-8,10H2,1-3H3/t12-/m1/s1. The van der Waals surface area contributed by atoms with Crippen molar-refractivity contribution in [1.82, 2.24) is 19.4 Å². The molecule has 112 valence electrons. The molecular formula is C14H24N4O2. The number of imidazole rings is 1. The van der Waals surface area contributed by atoms with E-state index in [2.05, 4.69) is 24.0 Å². The van der Waals surface area contributed by atoms with Gasteiger partial charge in [-0.1, -0.05) is 0 Å². The molecule has 0 aromatic carbocycles. The van der Waals surface area contributed by atoms with Crippen LogP contribution in [0.5, 0.6) is 0 Å². The largest absolute Gasteiger partial charge is 0.385 e. The van der Waals surface area contributed by atoms with E-state index < -0.39 is 6.10 Å². The van der Waals surface area contributed by atoms with Crippen LogP contribution in [-0.4, -0.2) is 63.6 Å². The number of carbonyl (C=O) groups is 1. The van der Waals surface area contributed by atoms with Gasteiger partial charge < -0.3 is 19.5 Å². The van der Waals surface area contributed by atoms with Crippen molar-refractivity contribution >= 4 is 5.91 Å². The third-order valence-corrected chi connectivity index (χ3v) is 4.07. The van der Waals surface area contributed by atoms with Crippen LogP contribution in [-0.2, 0) is 11.8 Å². The lowest BCUT2D eigenvalue weighted by molar-refractivity contribution is -0.135. The SMILES string of the molecule is CN(C)C1CCN(C(=O)C[C@@H](O)c2nccn2C)CC1. The van der Waals surface area contributed by atoms with Gasteiger partial charge in [0.2, 0.25) is 5.91 Å². The van der Waals surface area contributed by atoms with Crippen molar-refractivity contribution in [2.75, 3.05) is 27.2 Å². The van der Waals surface area contributed by atoms with Crippen LogP contribution in [0.4, 0.5) is 0 Å². The normalized spacial score (nSPS) is 18.6. The smallest absolute Gasteiger partial charge is 0.225 e. The minimum Gasteiger partial charge on any atom is -0.385 e. The number of hydrogen-bond donors (Lipinski definition) is 1. The van der Waals surface area contributed by atoms with Gasteiger partial charge in [-0.3, -0.25) is 4.79 Å². The lowest BCUT2D eigenvalue weighted by Crippen LogP contribution is -2.44. The molecule has 1 saturated heterocycles. The van der Waals surface area contributed by atoms with E-state index in [0.29, 0.717) is 11.9 Å². The summed E-state index contributed by atoms with van der Waals surface area (Å²) in [4.78, 5) is 20.4. The fourth-order valence-corrected chi connectivity index (χ4v) is 2.72. The Hall–Kier alpha value is -1.40. The average Bonchev–Trinajstić information content (AvgIpc) is 2.85. The molecule has 1 aromatic heterocycles. The number of piperidine rings is 1. The predicted octanol–water partition coefficient (Wildman–Crippen LogP) is 0.396. The second kappa shape index (κ2) is 6.37. The van der Waals surface area contributed by atoms with E-state index in [4.69, 9.17) is 0 Å². The minimum atomic E-state index is -0.825. The number of aryl methyl sites for hydroxylation is 1. The lowest BCUT2D eigenvalue weighted by atomic mass is 10.0. The Bertz CT molecular complexity index is 450. The van der Waals surface area contributed by atoms with Crippen molar-refractivity contribution in [2.45, 2.75) is 31.4 Å². The molecule has 1 amide bonds. The number of aliphatic hydroxyl groups excluding tert-OH is 1. The van der Waals surface area contributed by atoms with Crippen molar-refractivity contribution in [1.29, 1.82) is 0 Å². The van der Waals surface area contributed by atoms with Gasteiger partial charge in [0.15, 0.2) is 0 Å². The van der Waals surface area contributed by atoms with Gasteiger partial charge >= 0.3 is 0 Å². The van der Waals surface area contributed by atoms with Crippen LogP contribution in [0.3, 0.4) is 0 Å². The lowest BCUT2D eigenvalue weighted by Gasteiger charge is -2.35. The van der Waals surface area contributed by atoms with E-state index in [1.165, 1.54) is 0 Å². The molecule has 1 aromatic rings. The van der Waals surface area contributed by atoms with Gasteiger partial charge in [-0.25, -0.2) is 4.98 Å². The monoisotopic (exact) mass is 280 g/mol. The third-order valence-electron chi connectivity index (χ3n) is 4.07. The summed E-state index contributed by atoms with van der Waals surface area (Å²) >= 11 is 0. The van der Waals surface area contributed by atoms with Gasteiger partial charge in [0.05, 0.1) is 6.42 Å². The molecule has 1 fully saturated rings. The first-order chi connectivity index (χ1) is 9.49. The van der Waals surface area contributed by atoms with E-state index in [1.807, 2.05) is 11.9 Å². The molecule has 0 spiro atoms. The molecule has 0 saturated carbocycles. The number of likely N-dealkylation sites (tertiary alicyclic amines) is 1. The van der Waals surface area contributed by atoms with Gasteiger partial charge in [0.1, 0.15) is 11.9 Å². The highest BCUT2D eigenvalue weighted by Crippen LogP contribution is 2.19. The fourth-order valence-electron chi connectivity index (χ4n) is 2.72. The molecule has 0 unspecified atom stereocenters. The maximum atomic E-state index is 12.2. The number of carbonyl (C=O) groups excluding carboxylic acids is 1. The Kier molecular flexibility index (Phi) is 4.77. The Labute approximate surface area is 120 Å². The number of amides is 1. The summed E-state index contributed by atoms with van der Waals surface area (Å²) in [6, 6.07) is 0.554. The van der Waals surface area contributed by atoms with Crippen LogP contribution in [0, 0.1) is 0 Å². The van der Waals surface area contributed by atoms with Crippen molar-refractivity contribution < 1.29 is 9.90 Å². The first-order valence-corrected chi connectivity index (χ1v) is 7.08. The maximum Gasteiger partial charge on any atom is 0.225 e. The van der Waals surface area contributed by atoms with E-state index in [-0.39, 0.29) is 12.3 Å². The van der Waals surface area contributed by atoms with Gasteiger partial charge in [0.25, 0.3) is 0 Å². The summed E-state index contributed by atoms with van der Waals surface area (Å²) in [7, 11) is 5.97. The molecule has 6 heteroatoms. The summed E-state index contributed by atoms with van der Waals surface area (Å²) in [5, 5.41) is 10.1. The molecule has 2 rings (SSSR count). The van der Waals surface area contributed by atoms with E-state index in [1.54, 1.807) is 17.0 Å². The summed E-state index contributed by atoms with van der Waals surface area (Å²) < 4.78 is 1.75. The van der Waals surface area contributed by atoms with Gasteiger partial charge in [-0.05, 0) is 26.9 Å². The number of rotatable bonds is 4.